The summed E-state index contributed by atoms with van der Waals surface area (Å²) in [5.41, 5.74) is 0.741. The molecule has 0 saturated carbocycles. The normalized spacial score (nSPS) is 10.5. The lowest BCUT2D eigenvalue weighted by Gasteiger charge is -1.99. The Balaban J connectivity index is 2.30. The molecule has 4 nitrogen and oxygen atoms in total. The minimum absolute atomic E-state index is 0.211. The molecule has 0 bridgehead atoms. The molecule has 78 valence electrons. The maximum Gasteiger partial charge on any atom is 0.343 e. The number of rotatable bonds is 2. The van der Waals surface area contributed by atoms with Gasteiger partial charge in [0.15, 0.2) is 0 Å². The standard InChI is InChI=1S/C10H10ClN3O/c1-14-10(15)12-9(13-14)6-7-4-2-3-5-8(7)11/h2-5H,6H2,1H3,(H,12,13,15). The van der Waals surface area contributed by atoms with Gasteiger partial charge < -0.3 is 0 Å². The fourth-order valence-corrected chi connectivity index (χ4v) is 1.56. The summed E-state index contributed by atoms with van der Waals surface area (Å²) in [6, 6.07) is 7.50. The molecule has 0 aliphatic rings. The minimum Gasteiger partial charge on any atom is -0.292 e. The van der Waals surface area contributed by atoms with Crippen LogP contribution in [0.2, 0.25) is 5.02 Å². The molecule has 0 saturated heterocycles. The maximum atomic E-state index is 11.1. The highest BCUT2D eigenvalue weighted by molar-refractivity contribution is 6.31. The van der Waals surface area contributed by atoms with Crippen molar-refractivity contribution in [2.45, 2.75) is 6.42 Å². The smallest absolute Gasteiger partial charge is 0.292 e. The molecule has 0 fully saturated rings. The quantitative estimate of drug-likeness (QED) is 0.836. The van der Waals surface area contributed by atoms with Crippen molar-refractivity contribution in [3.8, 4) is 0 Å². The SMILES string of the molecule is Cn1nc(Cc2ccccc2Cl)[nH]c1=O. The number of halogens is 1. The Morgan fingerprint density at radius 1 is 1.47 bits per heavy atom. The van der Waals surface area contributed by atoms with E-state index >= 15 is 0 Å². The van der Waals surface area contributed by atoms with E-state index in [-0.39, 0.29) is 5.69 Å². The Morgan fingerprint density at radius 2 is 2.20 bits per heavy atom. The number of aromatic nitrogens is 3. The third kappa shape index (κ3) is 2.10. The first-order chi connectivity index (χ1) is 7.16. The van der Waals surface area contributed by atoms with Crippen LogP contribution in [0.25, 0.3) is 0 Å². The summed E-state index contributed by atoms with van der Waals surface area (Å²) in [6.45, 7) is 0. The number of H-pyrrole nitrogens is 1. The average Bonchev–Trinajstić information content (AvgIpc) is 2.50. The Hall–Kier alpha value is -1.55. The molecule has 1 N–H and O–H groups in total. The summed E-state index contributed by atoms with van der Waals surface area (Å²) in [4.78, 5) is 13.8. The van der Waals surface area contributed by atoms with Crippen molar-refractivity contribution in [2.24, 2.45) is 7.05 Å². The van der Waals surface area contributed by atoms with E-state index in [1.807, 2.05) is 24.3 Å². The molecule has 1 heterocycles. The van der Waals surface area contributed by atoms with Gasteiger partial charge in [-0.25, -0.2) is 9.48 Å². The van der Waals surface area contributed by atoms with Crippen molar-refractivity contribution in [1.29, 1.82) is 0 Å². The molecule has 0 atom stereocenters. The number of aromatic amines is 1. The Kier molecular flexibility index (Phi) is 2.60. The van der Waals surface area contributed by atoms with Gasteiger partial charge in [-0.2, -0.15) is 5.10 Å². The fourth-order valence-electron chi connectivity index (χ4n) is 1.36. The first kappa shape index (κ1) is 9.98. The second-order valence-electron chi connectivity index (χ2n) is 3.27. The molecule has 1 aromatic heterocycles. The van der Waals surface area contributed by atoms with E-state index in [9.17, 15) is 4.79 Å². The van der Waals surface area contributed by atoms with Gasteiger partial charge in [-0.15, -0.1) is 0 Å². The molecular formula is C10H10ClN3O. The van der Waals surface area contributed by atoms with Gasteiger partial charge in [0.05, 0.1) is 0 Å². The molecule has 2 rings (SSSR count). The van der Waals surface area contributed by atoms with Crippen LogP contribution in [0.5, 0.6) is 0 Å². The maximum absolute atomic E-state index is 11.1. The van der Waals surface area contributed by atoms with Crippen molar-refractivity contribution in [1.82, 2.24) is 14.8 Å². The zero-order valence-electron chi connectivity index (χ0n) is 8.20. The lowest BCUT2D eigenvalue weighted by atomic mass is 10.1. The highest BCUT2D eigenvalue weighted by Crippen LogP contribution is 2.16. The van der Waals surface area contributed by atoms with Gasteiger partial charge >= 0.3 is 5.69 Å². The predicted molar refractivity (Wildman–Crippen MR) is 58.1 cm³/mol. The van der Waals surface area contributed by atoms with Crippen molar-refractivity contribution < 1.29 is 0 Å². The third-order valence-electron chi connectivity index (χ3n) is 2.13. The van der Waals surface area contributed by atoms with Crippen LogP contribution in [0.3, 0.4) is 0 Å². The lowest BCUT2D eigenvalue weighted by Crippen LogP contribution is -2.13. The molecule has 15 heavy (non-hydrogen) atoms. The molecule has 0 aliphatic carbocycles. The van der Waals surface area contributed by atoms with Gasteiger partial charge in [-0.1, -0.05) is 29.8 Å². The van der Waals surface area contributed by atoms with Gasteiger partial charge in [0, 0.05) is 18.5 Å². The van der Waals surface area contributed by atoms with Crippen LogP contribution in [0, 0.1) is 0 Å². The summed E-state index contributed by atoms with van der Waals surface area (Å²) in [5, 5.41) is 4.72. The molecular weight excluding hydrogens is 214 g/mol. The number of hydrogen-bond donors (Lipinski definition) is 1. The van der Waals surface area contributed by atoms with Crippen molar-refractivity contribution in [2.75, 3.05) is 0 Å². The van der Waals surface area contributed by atoms with Crippen LogP contribution in [0.1, 0.15) is 11.4 Å². The number of nitrogens with zero attached hydrogens (tertiary/aromatic N) is 2. The van der Waals surface area contributed by atoms with Crippen LogP contribution in [0.4, 0.5) is 0 Å². The lowest BCUT2D eigenvalue weighted by molar-refractivity contribution is 0.723. The number of benzene rings is 1. The number of aryl methyl sites for hydroxylation is 1. The summed E-state index contributed by atoms with van der Waals surface area (Å²) >= 11 is 5.99. The summed E-state index contributed by atoms with van der Waals surface area (Å²) in [5.74, 6) is 0.621. The molecule has 5 heteroatoms. The van der Waals surface area contributed by atoms with Crippen molar-refractivity contribution in [3.05, 3.63) is 51.2 Å². The van der Waals surface area contributed by atoms with E-state index in [4.69, 9.17) is 11.6 Å². The zero-order chi connectivity index (χ0) is 10.8. The summed E-state index contributed by atoms with van der Waals surface area (Å²) < 4.78 is 1.27. The largest absolute Gasteiger partial charge is 0.343 e. The summed E-state index contributed by atoms with van der Waals surface area (Å²) in [6.07, 6.45) is 0.537. The highest BCUT2D eigenvalue weighted by atomic mass is 35.5. The monoisotopic (exact) mass is 223 g/mol. The van der Waals surface area contributed by atoms with Crippen LogP contribution in [0.15, 0.2) is 29.1 Å². The zero-order valence-corrected chi connectivity index (χ0v) is 8.95. The predicted octanol–water partition coefficient (Wildman–Crippen LogP) is 1.35. The van der Waals surface area contributed by atoms with Crippen molar-refractivity contribution in [3.63, 3.8) is 0 Å². The molecule has 0 spiro atoms. The number of hydrogen-bond acceptors (Lipinski definition) is 2. The first-order valence-electron chi connectivity index (χ1n) is 4.52. The molecule has 2 aromatic rings. The van der Waals surface area contributed by atoms with E-state index in [1.165, 1.54) is 4.68 Å². The molecule has 0 radical (unpaired) electrons. The van der Waals surface area contributed by atoms with E-state index in [0.717, 1.165) is 5.56 Å². The van der Waals surface area contributed by atoms with Gasteiger partial charge in [0.2, 0.25) is 0 Å². The first-order valence-corrected chi connectivity index (χ1v) is 4.90. The van der Waals surface area contributed by atoms with E-state index < -0.39 is 0 Å². The Bertz CT molecular complexity index is 529. The molecule has 0 aliphatic heterocycles. The minimum atomic E-state index is -0.211. The fraction of sp³-hybridized carbons (Fsp3) is 0.200. The summed E-state index contributed by atoms with van der Waals surface area (Å²) in [7, 11) is 1.61. The highest BCUT2D eigenvalue weighted by Gasteiger charge is 2.05. The van der Waals surface area contributed by atoms with Crippen LogP contribution < -0.4 is 5.69 Å². The van der Waals surface area contributed by atoms with E-state index in [0.29, 0.717) is 17.3 Å². The molecule has 0 unspecified atom stereocenters. The Labute approximate surface area is 91.5 Å². The van der Waals surface area contributed by atoms with Gasteiger partial charge in [0.1, 0.15) is 5.82 Å². The van der Waals surface area contributed by atoms with E-state index in [1.54, 1.807) is 7.05 Å². The molecule has 1 aromatic carbocycles. The van der Waals surface area contributed by atoms with Crippen LogP contribution in [-0.4, -0.2) is 14.8 Å². The second kappa shape index (κ2) is 3.90. The second-order valence-corrected chi connectivity index (χ2v) is 3.68. The van der Waals surface area contributed by atoms with Gasteiger partial charge in [-0.05, 0) is 11.6 Å². The van der Waals surface area contributed by atoms with E-state index in [2.05, 4.69) is 10.1 Å². The van der Waals surface area contributed by atoms with Gasteiger partial charge in [-0.3, -0.25) is 4.98 Å². The molecule has 0 amide bonds. The third-order valence-corrected chi connectivity index (χ3v) is 2.50. The van der Waals surface area contributed by atoms with Crippen LogP contribution >= 0.6 is 11.6 Å². The Morgan fingerprint density at radius 3 is 2.80 bits per heavy atom. The van der Waals surface area contributed by atoms with Gasteiger partial charge in [0.25, 0.3) is 0 Å². The number of nitrogens with one attached hydrogen (secondary N) is 1. The topological polar surface area (TPSA) is 50.7 Å². The average molecular weight is 224 g/mol. The van der Waals surface area contributed by atoms with Crippen LogP contribution in [-0.2, 0) is 13.5 Å². The van der Waals surface area contributed by atoms with Crippen molar-refractivity contribution >= 4 is 11.6 Å².